The van der Waals surface area contributed by atoms with Gasteiger partial charge in [0, 0.05) is 43.7 Å². The van der Waals surface area contributed by atoms with E-state index in [1.54, 1.807) is 0 Å². The molecule has 2 aliphatic carbocycles. The summed E-state index contributed by atoms with van der Waals surface area (Å²) in [6.07, 6.45) is 8.41. The van der Waals surface area contributed by atoms with Crippen molar-refractivity contribution in [2.24, 2.45) is 0 Å². The summed E-state index contributed by atoms with van der Waals surface area (Å²) in [5.41, 5.74) is 1.12. The van der Waals surface area contributed by atoms with Gasteiger partial charge in [0.25, 0.3) is 0 Å². The summed E-state index contributed by atoms with van der Waals surface area (Å²) in [4.78, 5) is 27.8. The molecular formula is C29H40N6O4. The number of ether oxygens (including phenoxy) is 2. The number of piperazine rings is 1. The van der Waals surface area contributed by atoms with Gasteiger partial charge in [-0.2, -0.15) is 4.98 Å². The predicted octanol–water partition coefficient (Wildman–Crippen LogP) is 2.89. The second kappa shape index (κ2) is 9.82. The smallest absolute Gasteiger partial charge is 0.219 e. The minimum Gasteiger partial charge on any atom is -0.473 e. The van der Waals surface area contributed by atoms with E-state index in [4.69, 9.17) is 24.0 Å². The summed E-state index contributed by atoms with van der Waals surface area (Å²) in [6, 6.07) is 2.34. The molecular weight excluding hydrogens is 496 g/mol. The molecule has 2 spiro atoms. The highest BCUT2D eigenvalue weighted by atomic mass is 16.5. The fourth-order valence-corrected chi connectivity index (χ4v) is 7.60. The monoisotopic (exact) mass is 536 g/mol. The van der Waals surface area contributed by atoms with E-state index in [-0.39, 0.29) is 11.6 Å². The molecule has 0 aromatic carbocycles. The zero-order valence-corrected chi connectivity index (χ0v) is 23.2. The summed E-state index contributed by atoms with van der Waals surface area (Å²) in [7, 11) is 2.17. The van der Waals surface area contributed by atoms with Gasteiger partial charge in [-0.15, -0.1) is 0 Å². The highest BCUT2D eigenvalue weighted by molar-refractivity contribution is 5.91. The minimum absolute atomic E-state index is 0.00292. The number of carbonyl (C=O) groups is 1. The number of Topliss-reactive ketones (excluding diaryl/α,β-unsaturated/α-hetero) is 1. The Morgan fingerprint density at radius 3 is 2.77 bits per heavy atom. The van der Waals surface area contributed by atoms with E-state index in [1.165, 1.54) is 6.42 Å². The van der Waals surface area contributed by atoms with E-state index in [1.807, 2.05) is 6.07 Å². The SMILES string of the molecule is C[C@H](Oc1cc(N2CCNC3(COC3)C2)nc(-c2noc3c2CCC[C@@]32CCCCC2=O)n1)[C@@H]1CCCN1C. The van der Waals surface area contributed by atoms with Gasteiger partial charge in [-0.05, 0) is 65.5 Å². The van der Waals surface area contributed by atoms with Crippen LogP contribution in [0, 0.1) is 0 Å². The van der Waals surface area contributed by atoms with Crippen LogP contribution in [0.25, 0.3) is 11.5 Å². The third-order valence-corrected chi connectivity index (χ3v) is 9.83. The molecule has 2 aromatic rings. The van der Waals surface area contributed by atoms with Crippen molar-refractivity contribution in [1.82, 2.24) is 25.3 Å². The zero-order chi connectivity index (χ0) is 26.6. The van der Waals surface area contributed by atoms with Crippen LogP contribution in [-0.4, -0.2) is 89.9 Å². The number of likely N-dealkylation sites (N-methyl/N-ethyl adjacent to an activating group) is 1. The molecule has 2 aromatic heterocycles. The first-order valence-electron chi connectivity index (χ1n) is 14.8. The van der Waals surface area contributed by atoms with E-state index in [0.29, 0.717) is 48.9 Å². The average molecular weight is 537 g/mol. The molecule has 0 radical (unpaired) electrons. The number of nitrogens with one attached hydrogen (secondary N) is 1. The van der Waals surface area contributed by atoms with Crippen molar-refractivity contribution < 1.29 is 18.8 Å². The molecule has 10 heteroatoms. The Morgan fingerprint density at radius 2 is 2.00 bits per heavy atom. The fourth-order valence-electron chi connectivity index (χ4n) is 7.60. The van der Waals surface area contributed by atoms with E-state index >= 15 is 0 Å². The molecule has 3 aliphatic heterocycles. The number of fused-ring (bicyclic) bond motifs is 2. The first-order chi connectivity index (χ1) is 19.0. The molecule has 3 atom stereocenters. The maximum absolute atomic E-state index is 13.2. The van der Waals surface area contributed by atoms with Crippen LogP contribution >= 0.6 is 0 Å². The third-order valence-electron chi connectivity index (χ3n) is 9.83. The summed E-state index contributed by atoms with van der Waals surface area (Å²) < 4.78 is 18.1. The highest BCUT2D eigenvalue weighted by Crippen LogP contribution is 2.47. The lowest BCUT2D eigenvalue weighted by atomic mass is 9.64. The molecule has 5 aliphatic rings. The number of ketones is 1. The Hall–Kier alpha value is -2.56. The lowest BCUT2D eigenvalue weighted by Gasteiger charge is -2.49. The van der Waals surface area contributed by atoms with E-state index in [2.05, 4.69) is 34.2 Å². The number of rotatable bonds is 5. The minimum atomic E-state index is -0.523. The second-order valence-electron chi connectivity index (χ2n) is 12.4. The molecule has 10 nitrogen and oxygen atoms in total. The normalized spacial score (nSPS) is 29.4. The van der Waals surface area contributed by atoms with Gasteiger partial charge in [0.2, 0.25) is 5.88 Å². The summed E-state index contributed by atoms with van der Waals surface area (Å²) in [5.74, 6) is 3.00. The molecule has 1 N–H and O–H groups in total. The largest absolute Gasteiger partial charge is 0.473 e. The molecule has 1 saturated carbocycles. The molecule has 39 heavy (non-hydrogen) atoms. The van der Waals surface area contributed by atoms with Crippen molar-refractivity contribution in [1.29, 1.82) is 0 Å². The number of aromatic nitrogens is 3. The van der Waals surface area contributed by atoms with Gasteiger partial charge in [-0.25, -0.2) is 4.98 Å². The molecule has 7 rings (SSSR count). The van der Waals surface area contributed by atoms with Gasteiger partial charge >= 0.3 is 0 Å². The van der Waals surface area contributed by atoms with Gasteiger partial charge in [0.1, 0.15) is 17.7 Å². The van der Waals surface area contributed by atoms with Gasteiger partial charge in [0.05, 0.1) is 24.2 Å². The summed E-state index contributed by atoms with van der Waals surface area (Å²) in [6.45, 7) is 7.17. The van der Waals surface area contributed by atoms with Crippen LogP contribution in [0.15, 0.2) is 10.6 Å². The van der Waals surface area contributed by atoms with E-state index in [9.17, 15) is 4.79 Å². The number of carbonyl (C=O) groups excluding carboxylic acids is 1. The number of nitrogens with zero attached hydrogens (tertiary/aromatic N) is 5. The van der Waals surface area contributed by atoms with E-state index < -0.39 is 5.41 Å². The van der Waals surface area contributed by atoms with Crippen LogP contribution in [-0.2, 0) is 21.4 Å². The van der Waals surface area contributed by atoms with Crippen molar-refractivity contribution in [3.05, 3.63) is 17.4 Å². The van der Waals surface area contributed by atoms with Crippen LogP contribution in [0.5, 0.6) is 5.88 Å². The molecule has 210 valence electrons. The Morgan fingerprint density at radius 1 is 1.13 bits per heavy atom. The number of likely N-dealkylation sites (tertiary alicyclic amines) is 1. The fraction of sp³-hybridized carbons (Fsp3) is 0.724. The third kappa shape index (κ3) is 4.35. The van der Waals surface area contributed by atoms with Crippen molar-refractivity contribution in [2.45, 2.75) is 87.8 Å². The molecule has 5 heterocycles. The lowest BCUT2D eigenvalue weighted by molar-refractivity contribution is -0.128. The number of anilines is 1. The number of hydrogen-bond acceptors (Lipinski definition) is 10. The molecule has 0 unspecified atom stereocenters. The van der Waals surface area contributed by atoms with Gasteiger partial charge in [0.15, 0.2) is 17.3 Å². The lowest BCUT2D eigenvalue weighted by Crippen LogP contribution is -2.70. The molecule has 0 bridgehead atoms. The van der Waals surface area contributed by atoms with Gasteiger partial charge < -0.3 is 24.2 Å². The summed E-state index contributed by atoms with van der Waals surface area (Å²) >= 11 is 0. The maximum Gasteiger partial charge on any atom is 0.219 e. The van der Waals surface area contributed by atoms with Crippen molar-refractivity contribution in [3.63, 3.8) is 0 Å². The Kier molecular flexibility index (Phi) is 6.40. The van der Waals surface area contributed by atoms with Crippen LogP contribution in [0.1, 0.15) is 69.6 Å². The van der Waals surface area contributed by atoms with Crippen molar-refractivity contribution in [2.75, 3.05) is 51.3 Å². The summed E-state index contributed by atoms with van der Waals surface area (Å²) in [5, 5.41) is 8.17. The first-order valence-corrected chi connectivity index (χ1v) is 14.8. The zero-order valence-electron chi connectivity index (χ0n) is 23.2. The molecule has 4 fully saturated rings. The quantitative estimate of drug-likeness (QED) is 0.613. The van der Waals surface area contributed by atoms with Gasteiger partial charge in [-0.1, -0.05) is 11.6 Å². The highest BCUT2D eigenvalue weighted by Gasteiger charge is 2.49. The standard InChI is InChI=1S/C29H40N6O4/c1-19(21-8-6-13-34(21)2)38-24-15-23(35-14-12-30-28(16-35)17-37-18-28)31-27(32-24)25-20-7-5-11-29(26(20)39-33-25)10-4-3-9-22(29)36/h15,19,21,30H,3-14,16-18H2,1-2H3/t19-,21-,29+/m0/s1. The van der Waals surface area contributed by atoms with Crippen LogP contribution in [0.4, 0.5) is 5.82 Å². The molecule has 0 amide bonds. The van der Waals surface area contributed by atoms with Crippen LogP contribution in [0.2, 0.25) is 0 Å². The Bertz CT molecular complexity index is 1240. The van der Waals surface area contributed by atoms with Crippen molar-refractivity contribution >= 4 is 11.6 Å². The van der Waals surface area contributed by atoms with Crippen LogP contribution in [0.3, 0.4) is 0 Å². The van der Waals surface area contributed by atoms with Crippen LogP contribution < -0.4 is 15.0 Å². The maximum atomic E-state index is 13.2. The van der Waals surface area contributed by atoms with Gasteiger partial charge in [-0.3, -0.25) is 9.69 Å². The average Bonchev–Trinajstić information content (AvgIpc) is 3.56. The topological polar surface area (TPSA) is 106 Å². The molecule has 3 saturated heterocycles. The Balaban J connectivity index is 1.26. The Labute approximate surface area is 229 Å². The van der Waals surface area contributed by atoms with Crippen molar-refractivity contribution in [3.8, 4) is 17.4 Å². The van der Waals surface area contributed by atoms with E-state index in [0.717, 1.165) is 88.3 Å². The second-order valence-corrected chi connectivity index (χ2v) is 12.4. The first kappa shape index (κ1) is 25.4. The number of hydrogen-bond donors (Lipinski definition) is 1. The predicted molar refractivity (Wildman–Crippen MR) is 145 cm³/mol.